The van der Waals surface area contributed by atoms with Gasteiger partial charge in [-0.2, -0.15) is 0 Å². The molecule has 1 aliphatic rings. The Morgan fingerprint density at radius 1 is 1.37 bits per heavy atom. The number of thiophene rings is 1. The minimum atomic E-state index is -0.274. The zero-order valence-corrected chi connectivity index (χ0v) is 17.4. The lowest BCUT2D eigenvalue weighted by atomic mass is 10.0. The number of nitrogens with zero attached hydrogens (tertiary/aromatic N) is 2. The van der Waals surface area contributed by atoms with E-state index >= 15 is 0 Å². The van der Waals surface area contributed by atoms with Gasteiger partial charge in [0, 0.05) is 31.4 Å². The molecule has 146 valence electrons. The van der Waals surface area contributed by atoms with E-state index in [9.17, 15) is 4.79 Å². The van der Waals surface area contributed by atoms with Crippen LogP contribution in [0.3, 0.4) is 0 Å². The lowest BCUT2D eigenvalue weighted by Gasteiger charge is -2.28. The fourth-order valence-electron chi connectivity index (χ4n) is 3.80. The van der Waals surface area contributed by atoms with Crippen LogP contribution in [0.25, 0.3) is 0 Å². The molecule has 0 aliphatic carbocycles. The molecular weight excluding hydrogens is 358 g/mol. The number of ether oxygens (including phenoxy) is 1. The molecule has 1 aromatic carbocycles. The Balaban J connectivity index is 1.72. The zero-order chi connectivity index (χ0) is 19.4. The fourth-order valence-corrected chi connectivity index (χ4v) is 4.74. The molecule has 3 rings (SSSR count). The molecule has 5 nitrogen and oxygen atoms in total. The predicted molar refractivity (Wildman–Crippen MR) is 113 cm³/mol. The van der Waals surface area contributed by atoms with Crippen LogP contribution in [0.5, 0.6) is 0 Å². The van der Waals surface area contributed by atoms with E-state index < -0.39 is 0 Å². The van der Waals surface area contributed by atoms with E-state index in [0.717, 1.165) is 30.9 Å². The lowest BCUT2D eigenvalue weighted by Crippen LogP contribution is -2.30. The number of anilines is 2. The highest BCUT2D eigenvalue weighted by Crippen LogP contribution is 2.35. The van der Waals surface area contributed by atoms with Crippen LogP contribution in [-0.4, -0.2) is 51.7 Å². The van der Waals surface area contributed by atoms with Crippen molar-refractivity contribution >= 4 is 28.7 Å². The maximum Gasteiger partial charge on any atom is 0.350 e. The summed E-state index contributed by atoms with van der Waals surface area (Å²) in [5.41, 5.74) is 4.72. The SMILES string of the molecule is COC(=O)c1scc(C)c1NCCN1CCCC(N(C)C)c2ccccc21. The van der Waals surface area contributed by atoms with Gasteiger partial charge >= 0.3 is 5.97 Å². The largest absolute Gasteiger partial charge is 0.465 e. The first-order valence-corrected chi connectivity index (χ1v) is 10.3. The average Bonchev–Trinajstić information content (AvgIpc) is 2.92. The number of benzene rings is 1. The van der Waals surface area contributed by atoms with Gasteiger partial charge in [-0.05, 0) is 56.4 Å². The van der Waals surface area contributed by atoms with Gasteiger partial charge in [0.1, 0.15) is 4.88 Å². The summed E-state index contributed by atoms with van der Waals surface area (Å²) in [4.78, 5) is 17.4. The van der Waals surface area contributed by atoms with E-state index in [1.165, 1.54) is 42.5 Å². The Labute approximate surface area is 165 Å². The van der Waals surface area contributed by atoms with Crippen LogP contribution >= 0.6 is 11.3 Å². The number of methoxy groups -OCH3 is 1. The summed E-state index contributed by atoms with van der Waals surface area (Å²) in [6.45, 7) is 4.75. The molecule has 0 amide bonds. The van der Waals surface area contributed by atoms with E-state index in [-0.39, 0.29) is 5.97 Å². The Morgan fingerprint density at radius 2 is 2.15 bits per heavy atom. The Kier molecular flexibility index (Phi) is 6.39. The normalized spacial score (nSPS) is 16.8. The van der Waals surface area contributed by atoms with Crippen molar-refractivity contribution in [3.05, 3.63) is 45.6 Å². The van der Waals surface area contributed by atoms with Gasteiger partial charge in [-0.3, -0.25) is 0 Å². The minimum absolute atomic E-state index is 0.274. The van der Waals surface area contributed by atoms with Crippen LogP contribution < -0.4 is 10.2 Å². The number of carbonyl (C=O) groups excluding carboxylic acids is 1. The van der Waals surface area contributed by atoms with E-state index in [0.29, 0.717) is 10.9 Å². The van der Waals surface area contributed by atoms with Gasteiger partial charge in [-0.15, -0.1) is 11.3 Å². The van der Waals surface area contributed by atoms with Crippen LogP contribution in [0.2, 0.25) is 0 Å². The van der Waals surface area contributed by atoms with E-state index in [4.69, 9.17) is 4.74 Å². The molecule has 0 radical (unpaired) electrons. The van der Waals surface area contributed by atoms with Gasteiger partial charge in [0.15, 0.2) is 0 Å². The first-order valence-electron chi connectivity index (χ1n) is 9.43. The first-order chi connectivity index (χ1) is 13.0. The van der Waals surface area contributed by atoms with E-state index in [1.807, 2.05) is 12.3 Å². The van der Waals surface area contributed by atoms with Crippen molar-refractivity contribution in [2.45, 2.75) is 25.8 Å². The number of esters is 1. The van der Waals surface area contributed by atoms with Crippen molar-refractivity contribution in [3.63, 3.8) is 0 Å². The molecule has 0 bridgehead atoms. The molecule has 0 spiro atoms. The van der Waals surface area contributed by atoms with Gasteiger partial charge in [0.05, 0.1) is 12.8 Å². The molecule has 0 saturated carbocycles. The monoisotopic (exact) mass is 387 g/mol. The number of carbonyl (C=O) groups is 1. The second-order valence-corrected chi connectivity index (χ2v) is 8.09. The smallest absolute Gasteiger partial charge is 0.350 e. The summed E-state index contributed by atoms with van der Waals surface area (Å²) in [5.74, 6) is -0.274. The number of rotatable bonds is 6. The van der Waals surface area contributed by atoms with E-state index in [2.05, 4.69) is 53.5 Å². The van der Waals surface area contributed by atoms with Gasteiger partial charge in [-0.1, -0.05) is 18.2 Å². The van der Waals surface area contributed by atoms with Crippen LogP contribution in [0.1, 0.15) is 39.7 Å². The number of nitrogens with one attached hydrogen (secondary N) is 1. The molecule has 6 heteroatoms. The third-order valence-corrected chi connectivity index (χ3v) is 6.27. The summed E-state index contributed by atoms with van der Waals surface area (Å²) < 4.78 is 4.90. The second-order valence-electron chi connectivity index (χ2n) is 7.21. The van der Waals surface area contributed by atoms with Crippen LogP contribution in [-0.2, 0) is 4.74 Å². The molecular formula is C21H29N3O2S. The van der Waals surface area contributed by atoms with Gasteiger partial charge in [-0.25, -0.2) is 4.79 Å². The molecule has 0 saturated heterocycles. The molecule has 1 atom stereocenters. The van der Waals surface area contributed by atoms with Crippen molar-refractivity contribution in [3.8, 4) is 0 Å². The van der Waals surface area contributed by atoms with Crippen LogP contribution in [0.4, 0.5) is 11.4 Å². The second kappa shape index (κ2) is 8.76. The number of aryl methyl sites for hydroxylation is 1. The number of para-hydroxylation sites is 1. The quantitative estimate of drug-likeness (QED) is 0.754. The van der Waals surface area contributed by atoms with Crippen molar-refractivity contribution in [1.29, 1.82) is 0 Å². The Hall–Kier alpha value is -2.05. The minimum Gasteiger partial charge on any atom is -0.465 e. The molecule has 1 aliphatic heterocycles. The third kappa shape index (κ3) is 4.28. The highest BCUT2D eigenvalue weighted by atomic mass is 32.1. The number of fused-ring (bicyclic) bond motifs is 1. The lowest BCUT2D eigenvalue weighted by molar-refractivity contribution is 0.0607. The van der Waals surface area contributed by atoms with E-state index in [1.54, 1.807) is 0 Å². The highest BCUT2D eigenvalue weighted by Gasteiger charge is 2.24. The zero-order valence-electron chi connectivity index (χ0n) is 16.6. The summed E-state index contributed by atoms with van der Waals surface area (Å²) in [6.07, 6.45) is 2.34. The maximum absolute atomic E-state index is 12.0. The molecule has 27 heavy (non-hydrogen) atoms. The van der Waals surface area contributed by atoms with Gasteiger partial charge in [0.2, 0.25) is 0 Å². The average molecular weight is 388 g/mol. The number of hydrogen-bond donors (Lipinski definition) is 1. The van der Waals surface area contributed by atoms with Gasteiger partial charge < -0.3 is 19.9 Å². The third-order valence-electron chi connectivity index (χ3n) is 5.19. The van der Waals surface area contributed by atoms with Crippen molar-refractivity contribution in [2.75, 3.05) is 51.1 Å². The molecule has 1 unspecified atom stereocenters. The first kappa shape index (κ1) is 19.7. The fraction of sp³-hybridized carbons (Fsp3) is 0.476. The molecule has 1 aromatic heterocycles. The standard InChI is InChI=1S/C21H29N3O2S/c1-15-14-27-20(21(25)26-4)19(15)22-11-13-24-12-7-10-17(23(2)3)16-8-5-6-9-18(16)24/h5-6,8-9,14,17,22H,7,10-13H2,1-4H3. The van der Waals surface area contributed by atoms with Crippen molar-refractivity contribution in [2.24, 2.45) is 0 Å². The van der Waals surface area contributed by atoms with Crippen LogP contribution in [0, 0.1) is 6.92 Å². The Bertz CT molecular complexity index is 787. The Morgan fingerprint density at radius 3 is 2.89 bits per heavy atom. The van der Waals surface area contributed by atoms with Crippen LogP contribution in [0.15, 0.2) is 29.6 Å². The highest BCUT2D eigenvalue weighted by molar-refractivity contribution is 7.12. The summed E-state index contributed by atoms with van der Waals surface area (Å²) in [6, 6.07) is 9.20. The van der Waals surface area contributed by atoms with Gasteiger partial charge in [0.25, 0.3) is 0 Å². The topological polar surface area (TPSA) is 44.8 Å². The summed E-state index contributed by atoms with van der Waals surface area (Å²) in [7, 11) is 5.75. The molecule has 1 N–H and O–H groups in total. The maximum atomic E-state index is 12.0. The molecule has 2 aromatic rings. The predicted octanol–water partition coefficient (Wildman–Crippen LogP) is 4.16. The van der Waals surface area contributed by atoms with Crippen molar-refractivity contribution in [1.82, 2.24) is 4.90 Å². The van der Waals surface area contributed by atoms with Crippen molar-refractivity contribution < 1.29 is 9.53 Å². The molecule has 0 fully saturated rings. The molecule has 2 heterocycles. The summed E-state index contributed by atoms with van der Waals surface area (Å²) in [5, 5.41) is 5.46. The number of hydrogen-bond acceptors (Lipinski definition) is 6. The summed E-state index contributed by atoms with van der Waals surface area (Å²) >= 11 is 1.43.